The fraction of sp³-hybridized carbons (Fsp3) is 0.444. The summed E-state index contributed by atoms with van der Waals surface area (Å²) in [5.41, 5.74) is 4.70. The molecule has 2 aliphatic rings. The first-order chi connectivity index (χ1) is 16.4. The Kier molecular flexibility index (Phi) is 7.20. The lowest BCUT2D eigenvalue weighted by atomic mass is 9.98. The third kappa shape index (κ3) is 5.24. The molecule has 1 saturated carbocycles. The molecule has 0 saturated heterocycles. The molecule has 180 valence electrons. The van der Waals surface area contributed by atoms with Gasteiger partial charge in [-0.05, 0) is 54.4 Å². The standard InChI is InChI=1S/C27H32N2O5/c1-17(11-14-25(30)29(19-12-13-19)18(2)26(31)32)15-28-27(33)34-16-24-22-9-5-3-7-20(22)21-8-4-6-10-23(21)24/h3-10,17-19,24H,11-16H2,1-2H3,(H,28,33)(H,31,32). The second-order valence-electron chi connectivity index (χ2n) is 9.40. The summed E-state index contributed by atoms with van der Waals surface area (Å²) >= 11 is 0. The Hall–Kier alpha value is -3.35. The number of carboxylic acids is 1. The van der Waals surface area contributed by atoms with Gasteiger partial charge in [0.2, 0.25) is 5.91 Å². The van der Waals surface area contributed by atoms with Gasteiger partial charge in [-0.25, -0.2) is 9.59 Å². The largest absolute Gasteiger partial charge is 0.480 e. The number of nitrogens with one attached hydrogen (secondary N) is 1. The number of hydrogen-bond acceptors (Lipinski definition) is 4. The van der Waals surface area contributed by atoms with Crippen LogP contribution in [0.15, 0.2) is 48.5 Å². The average Bonchev–Trinajstić information content (AvgIpc) is 3.62. The summed E-state index contributed by atoms with van der Waals surface area (Å²) in [7, 11) is 0. The number of carbonyl (C=O) groups excluding carboxylic acids is 2. The molecule has 2 amide bonds. The quantitative estimate of drug-likeness (QED) is 0.543. The SMILES string of the molecule is CC(CCC(=O)N(C1CC1)C(C)C(=O)O)CNC(=O)OCC1c2ccccc2-c2ccccc21. The van der Waals surface area contributed by atoms with Gasteiger partial charge in [-0.2, -0.15) is 0 Å². The summed E-state index contributed by atoms with van der Waals surface area (Å²) in [6.45, 7) is 4.16. The third-order valence-electron chi connectivity index (χ3n) is 6.79. The number of ether oxygens (including phenoxy) is 1. The number of aliphatic carboxylic acids is 1. The van der Waals surface area contributed by atoms with Crippen LogP contribution in [0.4, 0.5) is 4.79 Å². The molecule has 34 heavy (non-hydrogen) atoms. The second-order valence-corrected chi connectivity index (χ2v) is 9.40. The highest BCUT2D eigenvalue weighted by Crippen LogP contribution is 2.44. The van der Waals surface area contributed by atoms with Gasteiger partial charge in [-0.3, -0.25) is 4.79 Å². The number of carboxylic acid groups (broad SMARTS) is 1. The van der Waals surface area contributed by atoms with Gasteiger partial charge in [0, 0.05) is 24.9 Å². The molecule has 1 fully saturated rings. The lowest BCUT2D eigenvalue weighted by molar-refractivity contribution is -0.150. The predicted molar refractivity (Wildman–Crippen MR) is 128 cm³/mol. The maximum Gasteiger partial charge on any atom is 0.407 e. The Balaban J connectivity index is 1.23. The molecular weight excluding hydrogens is 432 g/mol. The van der Waals surface area contributed by atoms with Gasteiger partial charge >= 0.3 is 12.1 Å². The van der Waals surface area contributed by atoms with Gasteiger partial charge in [-0.15, -0.1) is 0 Å². The van der Waals surface area contributed by atoms with E-state index < -0.39 is 18.1 Å². The molecule has 7 heteroatoms. The highest BCUT2D eigenvalue weighted by Gasteiger charge is 2.38. The van der Waals surface area contributed by atoms with E-state index in [4.69, 9.17) is 4.74 Å². The van der Waals surface area contributed by atoms with Crippen LogP contribution in [-0.2, 0) is 14.3 Å². The molecule has 2 aromatic carbocycles. The minimum Gasteiger partial charge on any atom is -0.480 e. The molecule has 2 atom stereocenters. The van der Waals surface area contributed by atoms with Crippen molar-refractivity contribution in [1.29, 1.82) is 0 Å². The number of hydrogen-bond donors (Lipinski definition) is 2. The van der Waals surface area contributed by atoms with Crippen molar-refractivity contribution < 1.29 is 24.2 Å². The maximum absolute atomic E-state index is 12.6. The van der Waals surface area contributed by atoms with E-state index in [9.17, 15) is 19.5 Å². The Morgan fingerprint density at radius 1 is 1.03 bits per heavy atom. The van der Waals surface area contributed by atoms with Gasteiger partial charge < -0.3 is 20.1 Å². The summed E-state index contributed by atoms with van der Waals surface area (Å²) < 4.78 is 5.56. The lowest BCUT2D eigenvalue weighted by Crippen LogP contribution is -2.44. The smallest absolute Gasteiger partial charge is 0.407 e. The van der Waals surface area contributed by atoms with Crippen LogP contribution in [-0.4, -0.2) is 53.2 Å². The zero-order chi connectivity index (χ0) is 24.2. The summed E-state index contributed by atoms with van der Waals surface area (Å²) in [5, 5.41) is 12.1. The van der Waals surface area contributed by atoms with Crippen LogP contribution in [0.25, 0.3) is 11.1 Å². The minimum atomic E-state index is -0.981. The fourth-order valence-corrected chi connectivity index (χ4v) is 4.72. The van der Waals surface area contributed by atoms with E-state index in [-0.39, 0.29) is 36.8 Å². The molecule has 0 aromatic heterocycles. The molecule has 0 spiro atoms. The van der Waals surface area contributed by atoms with Crippen molar-refractivity contribution in [2.75, 3.05) is 13.2 Å². The molecule has 0 aliphatic heterocycles. The average molecular weight is 465 g/mol. The molecule has 0 heterocycles. The Labute approximate surface area is 200 Å². The number of rotatable bonds is 10. The molecule has 7 nitrogen and oxygen atoms in total. The zero-order valence-electron chi connectivity index (χ0n) is 19.7. The highest BCUT2D eigenvalue weighted by atomic mass is 16.5. The molecule has 2 aromatic rings. The Morgan fingerprint density at radius 2 is 1.62 bits per heavy atom. The van der Waals surface area contributed by atoms with E-state index in [2.05, 4.69) is 29.6 Å². The molecule has 0 bridgehead atoms. The summed E-state index contributed by atoms with van der Waals surface area (Å²) in [4.78, 5) is 37.8. The number of carbonyl (C=O) groups is 3. The molecular formula is C27H32N2O5. The predicted octanol–water partition coefficient (Wildman–Crippen LogP) is 4.41. The number of nitrogens with zero attached hydrogens (tertiary/aromatic N) is 1. The molecule has 2 unspecified atom stereocenters. The minimum absolute atomic E-state index is 0.0119. The van der Waals surface area contributed by atoms with E-state index >= 15 is 0 Å². The Morgan fingerprint density at radius 3 is 2.18 bits per heavy atom. The topological polar surface area (TPSA) is 95.9 Å². The zero-order valence-corrected chi connectivity index (χ0v) is 19.7. The van der Waals surface area contributed by atoms with Gasteiger partial charge in [-0.1, -0.05) is 55.5 Å². The monoisotopic (exact) mass is 464 g/mol. The van der Waals surface area contributed by atoms with Crippen LogP contribution >= 0.6 is 0 Å². The molecule has 4 rings (SSSR count). The first-order valence-corrected chi connectivity index (χ1v) is 12.0. The van der Waals surface area contributed by atoms with Gasteiger partial charge in [0.1, 0.15) is 12.6 Å². The van der Waals surface area contributed by atoms with Crippen LogP contribution in [0.3, 0.4) is 0 Å². The van der Waals surface area contributed by atoms with Gasteiger partial charge in [0.15, 0.2) is 0 Å². The van der Waals surface area contributed by atoms with Gasteiger partial charge in [0.05, 0.1) is 0 Å². The Bertz CT molecular complexity index is 1020. The van der Waals surface area contributed by atoms with E-state index in [1.54, 1.807) is 6.92 Å². The van der Waals surface area contributed by atoms with Crippen molar-refractivity contribution in [2.45, 2.75) is 57.5 Å². The summed E-state index contributed by atoms with van der Waals surface area (Å²) in [6.07, 6.45) is 2.09. The van der Waals surface area contributed by atoms with Crippen LogP contribution in [0.5, 0.6) is 0 Å². The van der Waals surface area contributed by atoms with Crippen LogP contribution in [0, 0.1) is 5.92 Å². The number of benzene rings is 2. The number of fused-ring (bicyclic) bond motifs is 3. The van der Waals surface area contributed by atoms with Crippen molar-refractivity contribution in [1.82, 2.24) is 10.2 Å². The molecule has 0 radical (unpaired) electrons. The van der Waals surface area contributed by atoms with E-state index in [0.29, 0.717) is 13.0 Å². The lowest BCUT2D eigenvalue weighted by Gasteiger charge is -2.27. The van der Waals surface area contributed by atoms with Crippen LogP contribution < -0.4 is 5.32 Å². The van der Waals surface area contributed by atoms with Crippen molar-refractivity contribution >= 4 is 18.0 Å². The number of alkyl carbamates (subject to hydrolysis) is 1. The summed E-state index contributed by atoms with van der Waals surface area (Å²) in [5.74, 6) is -1.04. The first kappa shape index (κ1) is 23.8. The normalized spacial score (nSPS) is 16.2. The molecule has 2 aliphatic carbocycles. The maximum atomic E-state index is 12.6. The first-order valence-electron chi connectivity index (χ1n) is 12.0. The van der Waals surface area contributed by atoms with Crippen molar-refractivity contribution in [3.05, 3.63) is 59.7 Å². The van der Waals surface area contributed by atoms with E-state index in [0.717, 1.165) is 12.8 Å². The molecule has 2 N–H and O–H groups in total. The van der Waals surface area contributed by atoms with Crippen molar-refractivity contribution in [3.8, 4) is 11.1 Å². The second kappa shape index (κ2) is 10.3. The van der Waals surface area contributed by atoms with Crippen LogP contribution in [0.2, 0.25) is 0 Å². The highest BCUT2D eigenvalue weighted by molar-refractivity contribution is 5.84. The van der Waals surface area contributed by atoms with Crippen molar-refractivity contribution in [2.24, 2.45) is 5.92 Å². The van der Waals surface area contributed by atoms with E-state index in [1.165, 1.54) is 27.2 Å². The van der Waals surface area contributed by atoms with E-state index in [1.807, 2.05) is 31.2 Å². The van der Waals surface area contributed by atoms with Crippen LogP contribution in [0.1, 0.15) is 56.6 Å². The van der Waals surface area contributed by atoms with Gasteiger partial charge in [0.25, 0.3) is 0 Å². The van der Waals surface area contributed by atoms with Crippen molar-refractivity contribution in [3.63, 3.8) is 0 Å². The number of amides is 2. The third-order valence-corrected chi connectivity index (χ3v) is 6.79. The summed E-state index contributed by atoms with van der Waals surface area (Å²) in [6, 6.07) is 15.6. The fourth-order valence-electron chi connectivity index (χ4n) is 4.72.